The number of aromatic nitrogens is 1. The fourth-order valence-electron chi connectivity index (χ4n) is 5.83. The first-order valence-electron chi connectivity index (χ1n) is 10.6. The Hall–Kier alpha value is -3.58. The summed E-state index contributed by atoms with van der Waals surface area (Å²) in [4.78, 5) is 3.80. The molecule has 0 saturated heterocycles. The number of aromatic amines is 1. The molecular weight excluding hydrogens is 362 g/mol. The molecule has 0 saturated carbocycles. The maximum absolute atomic E-state index is 3.80. The maximum Gasteiger partial charge on any atom is 0.0548 e. The van der Waals surface area contributed by atoms with Gasteiger partial charge >= 0.3 is 0 Å². The number of hydrogen-bond donors (Lipinski definition) is 1. The average molecular weight is 383 g/mol. The molecule has 5 aromatic carbocycles. The summed E-state index contributed by atoms with van der Waals surface area (Å²) in [7, 11) is 0. The Labute approximate surface area is 175 Å². The van der Waals surface area contributed by atoms with Crippen molar-refractivity contribution in [1.29, 1.82) is 0 Å². The zero-order valence-electron chi connectivity index (χ0n) is 17.1. The highest BCUT2D eigenvalue weighted by Gasteiger charge is 2.38. The minimum atomic E-state index is -0.0287. The standard InChI is InChI=1S/C29H21N/c1-29(2)23-15-14-22-25-19-9-5-3-7-17(19)12-16-24(25)30-28(22)26(23)21-13-11-18-8-4-6-10-20(18)27(21)29/h3-16,30H,1-2H3. The lowest BCUT2D eigenvalue weighted by atomic mass is 9.80. The summed E-state index contributed by atoms with van der Waals surface area (Å²) in [5, 5.41) is 7.94. The van der Waals surface area contributed by atoms with Gasteiger partial charge in [0.05, 0.1) is 5.52 Å². The third-order valence-corrected chi connectivity index (χ3v) is 7.16. The Bertz CT molecular complexity index is 1660. The number of benzene rings is 5. The highest BCUT2D eigenvalue weighted by atomic mass is 14.7. The summed E-state index contributed by atoms with van der Waals surface area (Å²) >= 11 is 0. The van der Waals surface area contributed by atoms with Crippen molar-refractivity contribution in [2.75, 3.05) is 0 Å². The molecule has 1 aliphatic rings. The molecule has 1 N–H and O–H groups in total. The van der Waals surface area contributed by atoms with E-state index < -0.39 is 0 Å². The van der Waals surface area contributed by atoms with Crippen molar-refractivity contribution in [1.82, 2.24) is 4.98 Å². The van der Waals surface area contributed by atoms with Gasteiger partial charge in [0.1, 0.15) is 0 Å². The van der Waals surface area contributed by atoms with Crippen LogP contribution in [-0.2, 0) is 5.41 Å². The second kappa shape index (κ2) is 5.31. The molecule has 0 unspecified atom stereocenters. The van der Waals surface area contributed by atoms with E-state index in [-0.39, 0.29) is 5.41 Å². The van der Waals surface area contributed by atoms with Gasteiger partial charge in [-0.2, -0.15) is 0 Å². The van der Waals surface area contributed by atoms with Crippen LogP contribution in [0, 0.1) is 0 Å². The molecule has 0 spiro atoms. The number of fused-ring (bicyclic) bond motifs is 11. The fraction of sp³-hybridized carbons (Fsp3) is 0.103. The van der Waals surface area contributed by atoms with Crippen LogP contribution in [0.2, 0.25) is 0 Å². The monoisotopic (exact) mass is 383 g/mol. The molecule has 0 atom stereocenters. The highest BCUT2D eigenvalue weighted by Crippen LogP contribution is 2.54. The molecule has 1 aromatic heterocycles. The molecule has 1 aliphatic carbocycles. The lowest BCUT2D eigenvalue weighted by molar-refractivity contribution is 0.666. The lowest BCUT2D eigenvalue weighted by Gasteiger charge is -2.23. The Morgan fingerprint density at radius 3 is 2.17 bits per heavy atom. The van der Waals surface area contributed by atoms with Crippen molar-refractivity contribution in [3.8, 4) is 11.1 Å². The molecule has 7 rings (SSSR count). The SMILES string of the molecule is CC1(C)c2ccc3c([nH]c4ccc5ccccc5c43)c2-c2ccc3ccccc3c21. The molecule has 0 amide bonds. The van der Waals surface area contributed by atoms with E-state index in [1.807, 2.05) is 0 Å². The predicted molar refractivity (Wildman–Crippen MR) is 128 cm³/mol. The first kappa shape index (κ1) is 16.2. The smallest absolute Gasteiger partial charge is 0.0548 e. The molecule has 1 nitrogen and oxygen atoms in total. The van der Waals surface area contributed by atoms with Gasteiger partial charge in [0.25, 0.3) is 0 Å². The van der Waals surface area contributed by atoms with Crippen LogP contribution in [0.25, 0.3) is 54.5 Å². The zero-order valence-corrected chi connectivity index (χ0v) is 17.1. The number of H-pyrrole nitrogens is 1. The van der Waals surface area contributed by atoms with E-state index in [2.05, 4.69) is 104 Å². The molecule has 0 radical (unpaired) electrons. The van der Waals surface area contributed by atoms with Crippen LogP contribution in [0.1, 0.15) is 25.0 Å². The first-order valence-corrected chi connectivity index (χ1v) is 10.6. The van der Waals surface area contributed by atoms with Crippen LogP contribution in [0.5, 0.6) is 0 Å². The van der Waals surface area contributed by atoms with E-state index in [0.717, 1.165) is 0 Å². The molecule has 1 heterocycles. The maximum atomic E-state index is 3.80. The van der Waals surface area contributed by atoms with Gasteiger partial charge in [-0.05, 0) is 44.3 Å². The number of hydrogen-bond acceptors (Lipinski definition) is 0. The van der Waals surface area contributed by atoms with Crippen LogP contribution < -0.4 is 0 Å². The zero-order chi connectivity index (χ0) is 20.0. The van der Waals surface area contributed by atoms with Crippen LogP contribution in [0.4, 0.5) is 0 Å². The number of nitrogens with one attached hydrogen (secondary N) is 1. The van der Waals surface area contributed by atoms with E-state index in [4.69, 9.17) is 0 Å². The Morgan fingerprint density at radius 2 is 1.33 bits per heavy atom. The lowest BCUT2D eigenvalue weighted by Crippen LogP contribution is -2.15. The van der Waals surface area contributed by atoms with Gasteiger partial charge in [-0.1, -0.05) is 92.7 Å². The van der Waals surface area contributed by atoms with Gasteiger partial charge in [0.15, 0.2) is 0 Å². The summed E-state index contributed by atoms with van der Waals surface area (Å²) in [6.45, 7) is 4.74. The molecule has 0 bridgehead atoms. The first-order chi connectivity index (χ1) is 14.6. The molecular formula is C29H21N. The topological polar surface area (TPSA) is 15.8 Å². The predicted octanol–water partition coefficient (Wildman–Crippen LogP) is 7.93. The van der Waals surface area contributed by atoms with Crippen molar-refractivity contribution < 1.29 is 0 Å². The highest BCUT2D eigenvalue weighted by molar-refractivity contribution is 6.23. The van der Waals surface area contributed by atoms with E-state index in [0.29, 0.717) is 0 Å². The largest absolute Gasteiger partial charge is 0.354 e. The Balaban J connectivity index is 1.69. The quantitative estimate of drug-likeness (QED) is 0.274. The van der Waals surface area contributed by atoms with Crippen molar-refractivity contribution >= 4 is 43.4 Å². The summed E-state index contributed by atoms with van der Waals surface area (Å²) in [6, 6.07) is 31.2. The minimum Gasteiger partial charge on any atom is -0.354 e. The minimum absolute atomic E-state index is 0.0287. The van der Waals surface area contributed by atoms with E-state index in [1.54, 1.807) is 0 Å². The van der Waals surface area contributed by atoms with Crippen molar-refractivity contribution in [3.63, 3.8) is 0 Å². The van der Waals surface area contributed by atoms with Gasteiger partial charge in [-0.3, -0.25) is 0 Å². The van der Waals surface area contributed by atoms with Gasteiger partial charge in [0, 0.05) is 27.3 Å². The second-order valence-corrected chi connectivity index (χ2v) is 9.08. The Morgan fingerprint density at radius 1 is 0.633 bits per heavy atom. The summed E-state index contributed by atoms with van der Waals surface area (Å²) in [5.41, 5.74) is 8.06. The van der Waals surface area contributed by atoms with E-state index >= 15 is 0 Å². The molecule has 142 valence electrons. The number of rotatable bonds is 0. The van der Waals surface area contributed by atoms with Crippen LogP contribution in [0.15, 0.2) is 84.9 Å². The molecule has 6 aromatic rings. The third-order valence-electron chi connectivity index (χ3n) is 7.16. The van der Waals surface area contributed by atoms with Crippen molar-refractivity contribution in [2.24, 2.45) is 0 Å². The molecule has 0 aliphatic heterocycles. The van der Waals surface area contributed by atoms with Gasteiger partial charge in [0.2, 0.25) is 0 Å². The van der Waals surface area contributed by atoms with Crippen LogP contribution in [0.3, 0.4) is 0 Å². The molecule has 30 heavy (non-hydrogen) atoms. The van der Waals surface area contributed by atoms with Crippen LogP contribution in [-0.4, -0.2) is 4.98 Å². The van der Waals surface area contributed by atoms with E-state index in [9.17, 15) is 0 Å². The normalized spacial score (nSPS) is 14.6. The Kier molecular flexibility index (Phi) is 2.88. The fourth-order valence-corrected chi connectivity index (χ4v) is 5.83. The van der Waals surface area contributed by atoms with Crippen LogP contribution >= 0.6 is 0 Å². The van der Waals surface area contributed by atoms with E-state index in [1.165, 1.54) is 65.6 Å². The van der Waals surface area contributed by atoms with Gasteiger partial charge in [-0.25, -0.2) is 0 Å². The third kappa shape index (κ3) is 1.84. The summed E-state index contributed by atoms with van der Waals surface area (Å²) in [6.07, 6.45) is 0. The summed E-state index contributed by atoms with van der Waals surface area (Å²) in [5.74, 6) is 0. The van der Waals surface area contributed by atoms with Crippen molar-refractivity contribution in [3.05, 3.63) is 96.1 Å². The molecule has 0 fully saturated rings. The van der Waals surface area contributed by atoms with Gasteiger partial charge < -0.3 is 4.98 Å². The van der Waals surface area contributed by atoms with Crippen molar-refractivity contribution in [2.45, 2.75) is 19.3 Å². The second-order valence-electron chi connectivity index (χ2n) is 9.08. The molecule has 1 heteroatoms. The van der Waals surface area contributed by atoms with Gasteiger partial charge in [-0.15, -0.1) is 0 Å². The average Bonchev–Trinajstić information content (AvgIpc) is 3.27. The summed E-state index contributed by atoms with van der Waals surface area (Å²) < 4.78 is 0.